The summed E-state index contributed by atoms with van der Waals surface area (Å²) in [6, 6.07) is 3.96. The van der Waals surface area contributed by atoms with Gasteiger partial charge in [0.25, 0.3) is 0 Å². The summed E-state index contributed by atoms with van der Waals surface area (Å²) >= 11 is 3.16. The average molecular weight is 249 g/mol. The average Bonchev–Trinajstić information content (AvgIpc) is 2.89. The topological polar surface area (TPSA) is 47.8 Å². The van der Waals surface area contributed by atoms with Crippen molar-refractivity contribution < 1.29 is 4.79 Å². The van der Waals surface area contributed by atoms with Crippen LogP contribution in [0.2, 0.25) is 0 Å². The monoisotopic (exact) mass is 249 g/mol. The number of thiophene rings is 2. The Balaban J connectivity index is 2.08. The first kappa shape index (κ1) is 9.68. The molecule has 0 fully saturated rings. The highest BCUT2D eigenvalue weighted by molar-refractivity contribution is 7.28. The molecule has 0 bridgehead atoms. The molecule has 80 valence electrons. The summed E-state index contributed by atoms with van der Waals surface area (Å²) in [7, 11) is 1.72. The van der Waals surface area contributed by atoms with Crippen LogP contribution >= 0.6 is 22.7 Å². The smallest absolute Gasteiger partial charge is 0.222 e. The van der Waals surface area contributed by atoms with Crippen molar-refractivity contribution in [3.63, 3.8) is 0 Å². The van der Waals surface area contributed by atoms with E-state index < -0.39 is 0 Å². The number of carbonyl (C=O) groups excluding carboxylic acids is 1. The van der Waals surface area contributed by atoms with E-state index in [-0.39, 0.29) is 5.78 Å². The quantitative estimate of drug-likeness (QED) is 0.655. The highest BCUT2D eigenvalue weighted by Crippen LogP contribution is 2.30. The number of ketones is 1. The van der Waals surface area contributed by atoms with E-state index in [1.54, 1.807) is 18.4 Å². The van der Waals surface area contributed by atoms with Crippen molar-refractivity contribution in [3.05, 3.63) is 34.3 Å². The molecule has 0 aromatic carbocycles. The van der Waals surface area contributed by atoms with E-state index in [4.69, 9.17) is 0 Å². The van der Waals surface area contributed by atoms with E-state index in [1.807, 2.05) is 17.5 Å². The fourth-order valence-corrected chi connectivity index (χ4v) is 3.56. The van der Waals surface area contributed by atoms with Crippen molar-refractivity contribution in [1.29, 1.82) is 0 Å². The Hall–Kier alpha value is -1.53. The van der Waals surface area contributed by atoms with E-state index >= 15 is 0 Å². The summed E-state index contributed by atoms with van der Waals surface area (Å²) in [6.07, 6.45) is 1.50. The molecule has 3 aromatic heterocycles. The zero-order valence-corrected chi connectivity index (χ0v) is 10.0. The number of hydrogen-bond donors (Lipinski definition) is 0. The van der Waals surface area contributed by atoms with E-state index in [2.05, 4.69) is 10.3 Å². The molecule has 0 saturated carbocycles. The van der Waals surface area contributed by atoms with Gasteiger partial charge >= 0.3 is 0 Å². The minimum Gasteiger partial charge on any atom is -0.286 e. The first-order chi connectivity index (χ1) is 7.75. The van der Waals surface area contributed by atoms with Gasteiger partial charge in [0, 0.05) is 16.4 Å². The lowest BCUT2D eigenvalue weighted by molar-refractivity contribution is 0.103. The SMILES string of the molecule is Cn1nncc1C(=O)c1cc2sccc2s1. The maximum absolute atomic E-state index is 12.1. The second-order valence-electron chi connectivity index (χ2n) is 3.33. The molecular formula is C10H7N3OS2. The number of fused-ring (bicyclic) bond motifs is 1. The van der Waals surface area contributed by atoms with E-state index in [0.717, 1.165) is 14.3 Å². The van der Waals surface area contributed by atoms with Gasteiger partial charge in [-0.05, 0) is 17.5 Å². The van der Waals surface area contributed by atoms with Gasteiger partial charge in [0.05, 0.1) is 11.1 Å². The van der Waals surface area contributed by atoms with E-state index in [1.165, 1.54) is 22.2 Å². The molecule has 0 unspecified atom stereocenters. The summed E-state index contributed by atoms with van der Waals surface area (Å²) in [5.41, 5.74) is 0.522. The Bertz CT molecular complexity index is 636. The Kier molecular flexibility index (Phi) is 2.12. The summed E-state index contributed by atoms with van der Waals surface area (Å²) < 4.78 is 3.81. The third kappa shape index (κ3) is 1.38. The molecule has 0 aliphatic carbocycles. The molecule has 16 heavy (non-hydrogen) atoms. The van der Waals surface area contributed by atoms with Gasteiger partial charge in [0.2, 0.25) is 5.78 Å². The molecule has 0 aliphatic heterocycles. The van der Waals surface area contributed by atoms with Gasteiger partial charge < -0.3 is 0 Å². The molecule has 0 aliphatic rings. The lowest BCUT2D eigenvalue weighted by Gasteiger charge is -1.95. The zero-order valence-electron chi connectivity index (χ0n) is 8.38. The zero-order chi connectivity index (χ0) is 11.1. The van der Waals surface area contributed by atoms with E-state index in [0.29, 0.717) is 5.69 Å². The maximum Gasteiger partial charge on any atom is 0.222 e. The van der Waals surface area contributed by atoms with Crippen molar-refractivity contribution in [2.45, 2.75) is 0 Å². The minimum absolute atomic E-state index is 0.0131. The first-order valence-corrected chi connectivity index (χ1v) is 6.32. The Labute approximate surface area is 99.1 Å². The van der Waals surface area contributed by atoms with Crippen molar-refractivity contribution in [2.75, 3.05) is 0 Å². The largest absolute Gasteiger partial charge is 0.286 e. The van der Waals surface area contributed by atoms with Gasteiger partial charge in [0.1, 0.15) is 5.69 Å². The molecule has 0 radical (unpaired) electrons. The van der Waals surface area contributed by atoms with Crippen molar-refractivity contribution in [2.24, 2.45) is 7.05 Å². The molecular weight excluding hydrogens is 242 g/mol. The summed E-state index contributed by atoms with van der Waals surface area (Å²) in [5, 5.41) is 9.50. The number of aryl methyl sites for hydroxylation is 1. The van der Waals surface area contributed by atoms with Gasteiger partial charge in [-0.1, -0.05) is 5.21 Å². The molecule has 3 heterocycles. The Morgan fingerprint density at radius 1 is 1.44 bits per heavy atom. The Morgan fingerprint density at radius 2 is 2.31 bits per heavy atom. The van der Waals surface area contributed by atoms with Crippen LogP contribution < -0.4 is 0 Å². The molecule has 3 rings (SSSR count). The lowest BCUT2D eigenvalue weighted by atomic mass is 10.2. The van der Waals surface area contributed by atoms with Gasteiger partial charge in [-0.2, -0.15) is 0 Å². The standard InChI is InChI=1S/C10H7N3OS2/c1-13-6(5-11-12-13)10(14)9-4-8-7(16-9)2-3-15-8/h2-5H,1H3. The minimum atomic E-state index is -0.0131. The fourth-order valence-electron chi connectivity index (χ4n) is 1.50. The second kappa shape index (κ2) is 3.50. The molecule has 3 aromatic rings. The normalized spacial score (nSPS) is 11.1. The summed E-state index contributed by atoms with van der Waals surface area (Å²) in [4.78, 5) is 12.9. The van der Waals surface area contributed by atoms with Crippen LogP contribution in [0.1, 0.15) is 15.4 Å². The van der Waals surface area contributed by atoms with Crippen molar-refractivity contribution >= 4 is 37.9 Å². The van der Waals surface area contributed by atoms with Crippen molar-refractivity contribution in [1.82, 2.24) is 15.0 Å². The van der Waals surface area contributed by atoms with Gasteiger partial charge in [-0.25, -0.2) is 4.68 Å². The van der Waals surface area contributed by atoms with Gasteiger partial charge in [-0.3, -0.25) is 4.79 Å². The molecule has 0 amide bonds. The third-order valence-electron chi connectivity index (χ3n) is 2.31. The van der Waals surface area contributed by atoms with Gasteiger partial charge in [0.15, 0.2) is 0 Å². The lowest BCUT2D eigenvalue weighted by Crippen LogP contribution is -2.06. The van der Waals surface area contributed by atoms with Crippen LogP contribution in [0.25, 0.3) is 9.40 Å². The number of nitrogens with zero attached hydrogens (tertiary/aromatic N) is 3. The first-order valence-electron chi connectivity index (χ1n) is 4.62. The molecule has 0 N–H and O–H groups in total. The van der Waals surface area contributed by atoms with Crippen LogP contribution in [0, 0.1) is 0 Å². The highest BCUT2D eigenvalue weighted by atomic mass is 32.1. The molecule has 0 atom stereocenters. The molecule has 4 nitrogen and oxygen atoms in total. The van der Waals surface area contributed by atoms with Gasteiger partial charge in [-0.15, -0.1) is 27.8 Å². The van der Waals surface area contributed by atoms with Crippen LogP contribution in [-0.4, -0.2) is 20.8 Å². The van der Waals surface area contributed by atoms with Crippen LogP contribution in [0.3, 0.4) is 0 Å². The third-order valence-corrected chi connectivity index (χ3v) is 4.40. The maximum atomic E-state index is 12.1. The predicted octanol–water partition coefficient (Wildman–Crippen LogP) is 2.32. The van der Waals surface area contributed by atoms with Crippen LogP contribution in [0.4, 0.5) is 0 Å². The molecule has 0 saturated heterocycles. The number of aromatic nitrogens is 3. The fraction of sp³-hybridized carbons (Fsp3) is 0.100. The number of rotatable bonds is 2. The summed E-state index contributed by atoms with van der Waals surface area (Å²) in [6.45, 7) is 0. The van der Waals surface area contributed by atoms with E-state index in [9.17, 15) is 4.79 Å². The molecule has 0 spiro atoms. The van der Waals surface area contributed by atoms with Crippen LogP contribution in [0.5, 0.6) is 0 Å². The Morgan fingerprint density at radius 3 is 3.00 bits per heavy atom. The van der Waals surface area contributed by atoms with Crippen LogP contribution in [0.15, 0.2) is 23.7 Å². The number of hydrogen-bond acceptors (Lipinski definition) is 5. The second-order valence-corrected chi connectivity index (χ2v) is 5.36. The molecule has 6 heteroatoms. The summed E-state index contributed by atoms with van der Waals surface area (Å²) in [5.74, 6) is -0.0131. The highest BCUT2D eigenvalue weighted by Gasteiger charge is 2.16. The van der Waals surface area contributed by atoms with Crippen LogP contribution in [-0.2, 0) is 7.05 Å². The van der Waals surface area contributed by atoms with Crippen molar-refractivity contribution in [3.8, 4) is 0 Å². The number of carbonyl (C=O) groups is 1. The predicted molar refractivity (Wildman–Crippen MR) is 64.1 cm³/mol.